The minimum Gasteiger partial charge on any atom is -1.00 e. The molecule has 0 heterocycles. The standard InChI is InChI=1S/C27H29.C13H8Cl2.C10H15.2ClH.Zr/c1-16-7-9-26(3,4)24-12-18-11-19-13-25-21(17(2)8-10-27(25,5)6)15-23(19)22(18)14-20(16)24;14-12-5-1-3-10(8-12)7-11-4-2-6-13(15)9-11;1-8-5-6-9(7-8)10(2,3)4;;;/h7-9,12-15H,10-11H2,1-6H3;1-6,8-9H;5-7H,1-4H3;2*1H;/q-1;;-1;;;+2/p-2. The fraction of sp³-hybridized carbons (Fsp3) is 0.300. The molecule has 5 heteroatoms. The summed E-state index contributed by atoms with van der Waals surface area (Å²) in [5.74, 6) is 0. The largest absolute Gasteiger partial charge is 1.00 e. The van der Waals surface area contributed by atoms with Crippen LogP contribution in [0, 0.1) is 13.3 Å². The number of benzene rings is 4. The average Bonchev–Trinajstić information content (AvgIpc) is 3.71. The molecule has 0 saturated heterocycles. The summed E-state index contributed by atoms with van der Waals surface area (Å²) in [6.45, 7) is 22.8. The predicted molar refractivity (Wildman–Crippen MR) is 229 cm³/mol. The van der Waals surface area contributed by atoms with Crippen molar-refractivity contribution < 1.29 is 49.0 Å². The number of aryl methyl sites for hydroxylation is 1. The van der Waals surface area contributed by atoms with Crippen molar-refractivity contribution in [3.8, 4) is 11.1 Å². The van der Waals surface area contributed by atoms with Gasteiger partial charge in [-0.1, -0.05) is 96.1 Å². The summed E-state index contributed by atoms with van der Waals surface area (Å²) >= 11 is 13.3. The van der Waals surface area contributed by atoms with Crippen LogP contribution in [0.2, 0.25) is 10.0 Å². The van der Waals surface area contributed by atoms with Gasteiger partial charge in [-0.15, -0.1) is 12.5 Å². The molecule has 5 aromatic rings. The Morgan fingerprint density at radius 2 is 1.22 bits per heavy atom. The summed E-state index contributed by atoms with van der Waals surface area (Å²) in [5.41, 5.74) is 20.4. The number of fused-ring (bicyclic) bond motifs is 5. The summed E-state index contributed by atoms with van der Waals surface area (Å²) in [7, 11) is 0. The van der Waals surface area contributed by atoms with Gasteiger partial charge in [-0.25, -0.2) is 18.6 Å². The molecule has 0 spiro atoms. The first-order valence-corrected chi connectivity index (χ1v) is 20.7. The normalized spacial score (nSPS) is 15.2. The molecule has 0 atom stereocenters. The molecule has 3 aliphatic carbocycles. The smallest absolute Gasteiger partial charge is 1.00 e. The molecule has 8 rings (SSSR count). The zero-order chi connectivity index (χ0) is 38.5. The second kappa shape index (κ2) is 17.5. The van der Waals surface area contributed by atoms with Gasteiger partial charge in [0.15, 0.2) is 0 Å². The molecular formula is C50H52Cl4Zr-2. The monoisotopic (exact) mass is 882 g/mol. The third-order valence-corrected chi connectivity index (χ3v) is 13.0. The van der Waals surface area contributed by atoms with Crippen molar-refractivity contribution in [1.82, 2.24) is 0 Å². The van der Waals surface area contributed by atoms with Crippen LogP contribution in [0.3, 0.4) is 0 Å². The van der Waals surface area contributed by atoms with Gasteiger partial charge in [-0.3, -0.25) is 0 Å². The molecule has 0 nitrogen and oxygen atoms in total. The van der Waals surface area contributed by atoms with Crippen molar-refractivity contribution in [1.29, 1.82) is 0 Å². The van der Waals surface area contributed by atoms with Crippen molar-refractivity contribution in [2.45, 2.75) is 98.3 Å². The van der Waals surface area contributed by atoms with Crippen LogP contribution < -0.4 is 24.8 Å². The van der Waals surface area contributed by atoms with E-state index in [0.29, 0.717) is 5.41 Å². The number of hydrogen-bond donors (Lipinski definition) is 0. The molecular weight excluding hydrogens is 834 g/mol. The van der Waals surface area contributed by atoms with Crippen LogP contribution in [0.25, 0.3) is 22.3 Å². The minimum absolute atomic E-state index is 0. The molecule has 55 heavy (non-hydrogen) atoms. The summed E-state index contributed by atoms with van der Waals surface area (Å²) in [5, 5.41) is 1.53. The maximum atomic E-state index is 5.98. The third kappa shape index (κ3) is 9.97. The van der Waals surface area contributed by atoms with Crippen LogP contribution in [0.4, 0.5) is 0 Å². The first kappa shape index (κ1) is 45.2. The van der Waals surface area contributed by atoms with Crippen molar-refractivity contribution in [2.24, 2.45) is 0 Å². The molecule has 0 N–H and O–H groups in total. The fourth-order valence-corrected chi connectivity index (χ4v) is 8.80. The van der Waals surface area contributed by atoms with E-state index in [-0.39, 0.29) is 35.6 Å². The number of halogens is 4. The molecule has 0 radical (unpaired) electrons. The number of allylic oxidation sites excluding steroid dienone is 4. The van der Waals surface area contributed by atoms with Gasteiger partial charge in [0, 0.05) is 0 Å². The molecule has 0 bridgehead atoms. The number of rotatable bonds is 2. The van der Waals surface area contributed by atoms with Crippen LogP contribution in [-0.4, -0.2) is 3.21 Å². The maximum Gasteiger partial charge on any atom is -1.00 e. The molecule has 0 amide bonds. The van der Waals surface area contributed by atoms with E-state index < -0.39 is 0 Å². The molecule has 0 saturated carbocycles. The quantitative estimate of drug-likeness (QED) is 0.154. The van der Waals surface area contributed by atoms with E-state index >= 15 is 0 Å². The Balaban J connectivity index is 0.000000205. The van der Waals surface area contributed by atoms with Crippen molar-refractivity contribution >= 4 is 37.6 Å². The minimum atomic E-state index is 0. The van der Waals surface area contributed by atoms with Gasteiger partial charge in [0.2, 0.25) is 0 Å². The molecule has 5 aromatic carbocycles. The van der Waals surface area contributed by atoms with E-state index in [9.17, 15) is 0 Å². The second-order valence-corrected chi connectivity index (χ2v) is 19.4. The Hall–Kier alpha value is -2.51. The number of hydrogen-bond acceptors (Lipinski definition) is 0. The van der Waals surface area contributed by atoms with Gasteiger partial charge in [0.1, 0.15) is 0 Å². The zero-order valence-corrected chi connectivity index (χ0v) is 39.3. The summed E-state index contributed by atoms with van der Waals surface area (Å²) < 4.78 is 1.26. The SMILES string of the molecule is CC1=C[CH-]C(C)(C)c2cc3c(cc21)-c1cc2c(cc1C3)C(C)(C)CC=C2C.Cc1cc(C(C)(C)C)c[cH-]1.Clc1cccc([C](=[Zr+2])c2cccc(Cl)c2)c1.[Cl-].[Cl-]. The molecule has 0 unspecified atom stereocenters. The van der Waals surface area contributed by atoms with Crippen molar-refractivity contribution in [3.63, 3.8) is 0 Å². The third-order valence-electron chi connectivity index (χ3n) is 11.1. The maximum absolute atomic E-state index is 5.98. The van der Waals surface area contributed by atoms with Crippen LogP contribution in [0.1, 0.15) is 124 Å². The van der Waals surface area contributed by atoms with E-state index in [1.807, 2.05) is 36.4 Å². The first-order valence-electron chi connectivity index (χ1n) is 18.7. The van der Waals surface area contributed by atoms with E-state index in [2.05, 4.69) is 142 Å². The zero-order valence-electron chi connectivity index (χ0n) is 33.8. The van der Waals surface area contributed by atoms with Crippen LogP contribution in [0.15, 0.2) is 103 Å². The Morgan fingerprint density at radius 1 is 0.691 bits per heavy atom. The summed E-state index contributed by atoms with van der Waals surface area (Å²) in [6.07, 6.45) is 9.28. The Bertz CT molecular complexity index is 2140. The molecule has 0 fully saturated rings. The molecule has 286 valence electrons. The Morgan fingerprint density at radius 3 is 1.69 bits per heavy atom. The molecule has 3 aliphatic rings. The molecule has 0 aliphatic heterocycles. The van der Waals surface area contributed by atoms with E-state index in [1.54, 1.807) is 0 Å². The van der Waals surface area contributed by atoms with Crippen LogP contribution >= 0.6 is 23.2 Å². The van der Waals surface area contributed by atoms with Gasteiger partial charge in [-0.2, -0.15) is 28.8 Å². The van der Waals surface area contributed by atoms with Gasteiger partial charge in [0.05, 0.1) is 0 Å². The van der Waals surface area contributed by atoms with E-state index in [1.165, 1.54) is 94.2 Å². The summed E-state index contributed by atoms with van der Waals surface area (Å²) in [4.78, 5) is 0. The van der Waals surface area contributed by atoms with Gasteiger partial charge < -0.3 is 24.8 Å². The van der Waals surface area contributed by atoms with Crippen molar-refractivity contribution in [2.75, 3.05) is 0 Å². The average molecular weight is 886 g/mol. The predicted octanol–water partition coefficient (Wildman–Crippen LogP) is 8.37. The van der Waals surface area contributed by atoms with E-state index in [0.717, 1.165) is 34.0 Å². The van der Waals surface area contributed by atoms with Gasteiger partial charge in [-0.05, 0) is 70.2 Å². The van der Waals surface area contributed by atoms with Crippen LogP contribution in [0.5, 0.6) is 0 Å². The summed E-state index contributed by atoms with van der Waals surface area (Å²) in [6, 6.07) is 32.4. The van der Waals surface area contributed by atoms with E-state index in [4.69, 9.17) is 23.2 Å². The van der Waals surface area contributed by atoms with Gasteiger partial charge in [0.25, 0.3) is 0 Å². The van der Waals surface area contributed by atoms with Crippen LogP contribution in [-0.2, 0) is 46.9 Å². The van der Waals surface area contributed by atoms with Gasteiger partial charge >= 0.3 is 120 Å². The fourth-order valence-electron chi connectivity index (χ4n) is 7.66. The topological polar surface area (TPSA) is 0 Å². The Kier molecular flexibility index (Phi) is 14.4. The second-order valence-electron chi connectivity index (χ2n) is 17.3. The Labute approximate surface area is 368 Å². The first-order chi connectivity index (χ1) is 24.8. The van der Waals surface area contributed by atoms with Crippen molar-refractivity contribution in [3.05, 3.63) is 175 Å². The molecule has 0 aromatic heterocycles.